The Labute approximate surface area is 149 Å². The molecule has 0 radical (unpaired) electrons. The lowest BCUT2D eigenvalue weighted by atomic mass is 9.90. The van der Waals surface area contributed by atoms with E-state index in [2.05, 4.69) is 18.7 Å². The molecule has 3 atom stereocenters. The number of carboxylic acids is 1. The maximum Gasteiger partial charge on any atom is 0.303 e. The van der Waals surface area contributed by atoms with Gasteiger partial charge in [0.05, 0.1) is 0 Å². The molecule has 140 valence electrons. The molecule has 3 unspecified atom stereocenters. The van der Waals surface area contributed by atoms with Gasteiger partial charge in [0.25, 0.3) is 0 Å². The Morgan fingerprint density at radius 1 is 0.917 bits per heavy atom. The number of nitrogens with zero attached hydrogens (tertiary/aromatic N) is 1. The molecule has 3 heteroatoms. The summed E-state index contributed by atoms with van der Waals surface area (Å²) in [6, 6.07) is 2.98. The van der Waals surface area contributed by atoms with Gasteiger partial charge in [-0.05, 0) is 50.4 Å². The van der Waals surface area contributed by atoms with Crippen molar-refractivity contribution in [2.45, 2.75) is 116 Å². The van der Waals surface area contributed by atoms with Gasteiger partial charge in [-0.15, -0.1) is 0 Å². The SMILES string of the molecule is C1CCC(N2C3CCCC2CC3)CC1.CCC(CC(=O)O)C(C)C. The summed E-state index contributed by atoms with van der Waals surface area (Å²) in [5.74, 6) is 0.152. The van der Waals surface area contributed by atoms with Crippen LogP contribution in [0.5, 0.6) is 0 Å². The first-order valence-electron chi connectivity index (χ1n) is 10.5. The number of hydrogen-bond acceptors (Lipinski definition) is 2. The van der Waals surface area contributed by atoms with Crippen LogP contribution >= 0.6 is 0 Å². The van der Waals surface area contributed by atoms with Gasteiger partial charge in [0.1, 0.15) is 0 Å². The van der Waals surface area contributed by atoms with E-state index in [1.165, 1.54) is 64.2 Å². The quantitative estimate of drug-likeness (QED) is 0.722. The maximum absolute atomic E-state index is 10.3. The number of carboxylic acid groups (broad SMARTS) is 1. The van der Waals surface area contributed by atoms with E-state index in [-0.39, 0.29) is 0 Å². The summed E-state index contributed by atoms with van der Waals surface area (Å²) in [6.45, 7) is 6.17. The molecule has 2 saturated heterocycles. The van der Waals surface area contributed by atoms with Crippen molar-refractivity contribution in [2.24, 2.45) is 11.8 Å². The van der Waals surface area contributed by atoms with E-state index in [1.54, 1.807) is 0 Å². The Morgan fingerprint density at radius 3 is 1.83 bits per heavy atom. The Bertz CT molecular complexity index is 360. The third-order valence-electron chi connectivity index (χ3n) is 6.65. The molecule has 3 rings (SSSR count). The second kappa shape index (κ2) is 9.79. The zero-order valence-electron chi connectivity index (χ0n) is 16.2. The molecule has 0 amide bonds. The van der Waals surface area contributed by atoms with E-state index < -0.39 is 5.97 Å². The van der Waals surface area contributed by atoms with Gasteiger partial charge in [0.15, 0.2) is 0 Å². The molecule has 3 fully saturated rings. The number of rotatable bonds is 5. The Hall–Kier alpha value is -0.570. The van der Waals surface area contributed by atoms with Crippen LogP contribution in [0.3, 0.4) is 0 Å². The average Bonchev–Trinajstić information content (AvgIpc) is 2.82. The van der Waals surface area contributed by atoms with Crippen LogP contribution in [-0.4, -0.2) is 34.1 Å². The van der Waals surface area contributed by atoms with E-state index in [0.717, 1.165) is 24.5 Å². The molecule has 2 bridgehead atoms. The van der Waals surface area contributed by atoms with Crippen LogP contribution in [0, 0.1) is 11.8 Å². The molecular weight excluding hydrogens is 298 g/mol. The monoisotopic (exact) mass is 337 g/mol. The molecule has 1 N–H and O–H groups in total. The first-order valence-corrected chi connectivity index (χ1v) is 10.5. The predicted octanol–water partition coefficient (Wildman–Crippen LogP) is 5.48. The van der Waals surface area contributed by atoms with Crippen LogP contribution < -0.4 is 0 Å². The van der Waals surface area contributed by atoms with Crippen molar-refractivity contribution < 1.29 is 9.90 Å². The second-order valence-electron chi connectivity index (χ2n) is 8.57. The van der Waals surface area contributed by atoms with Crippen LogP contribution in [0.15, 0.2) is 0 Å². The van der Waals surface area contributed by atoms with Gasteiger partial charge in [0, 0.05) is 24.5 Å². The van der Waals surface area contributed by atoms with Crippen molar-refractivity contribution in [2.75, 3.05) is 0 Å². The summed E-state index contributed by atoms with van der Waals surface area (Å²) in [5, 5.41) is 8.46. The van der Waals surface area contributed by atoms with Crippen molar-refractivity contribution in [1.29, 1.82) is 0 Å². The topological polar surface area (TPSA) is 40.5 Å². The summed E-state index contributed by atoms with van der Waals surface area (Å²) in [4.78, 5) is 13.2. The largest absolute Gasteiger partial charge is 0.481 e. The van der Waals surface area contributed by atoms with Gasteiger partial charge in [0.2, 0.25) is 0 Å². The van der Waals surface area contributed by atoms with E-state index in [0.29, 0.717) is 18.3 Å². The van der Waals surface area contributed by atoms with Gasteiger partial charge >= 0.3 is 5.97 Å². The van der Waals surface area contributed by atoms with E-state index in [1.807, 2.05) is 6.92 Å². The smallest absolute Gasteiger partial charge is 0.303 e. The number of piperidine rings is 1. The Morgan fingerprint density at radius 2 is 1.42 bits per heavy atom. The van der Waals surface area contributed by atoms with Crippen LogP contribution in [-0.2, 0) is 4.79 Å². The normalized spacial score (nSPS) is 29.2. The highest BCUT2D eigenvalue weighted by Crippen LogP contribution is 2.40. The molecule has 1 aliphatic carbocycles. The number of hydrogen-bond donors (Lipinski definition) is 1. The molecule has 0 aromatic rings. The Balaban J connectivity index is 0.000000187. The fraction of sp³-hybridized carbons (Fsp3) is 0.952. The lowest BCUT2D eigenvalue weighted by Crippen LogP contribution is -2.47. The first kappa shape index (κ1) is 19.8. The van der Waals surface area contributed by atoms with E-state index in [4.69, 9.17) is 5.11 Å². The molecule has 0 spiro atoms. The highest BCUT2D eigenvalue weighted by atomic mass is 16.4. The summed E-state index contributed by atoms with van der Waals surface area (Å²) in [6.07, 6.45) is 16.3. The van der Waals surface area contributed by atoms with Crippen molar-refractivity contribution in [1.82, 2.24) is 4.90 Å². The molecule has 2 aliphatic heterocycles. The van der Waals surface area contributed by atoms with Crippen molar-refractivity contribution >= 4 is 5.97 Å². The summed E-state index contributed by atoms with van der Waals surface area (Å²) < 4.78 is 0. The van der Waals surface area contributed by atoms with Crippen LogP contribution in [0.2, 0.25) is 0 Å². The Kier molecular flexibility index (Phi) is 8.06. The lowest BCUT2D eigenvalue weighted by molar-refractivity contribution is -0.138. The summed E-state index contributed by atoms with van der Waals surface area (Å²) in [5.41, 5.74) is 0. The number of aliphatic carboxylic acids is 1. The standard InChI is InChI=1S/C13H23N.C8H16O2/c1-2-5-11(6-3-1)14-12-7-4-8-13(14)10-9-12;1-4-7(6(2)3)5-8(9)10/h11-13H,1-10H2;6-7H,4-5H2,1-3H3,(H,9,10). The lowest BCUT2D eigenvalue weighted by Gasteiger charge is -2.42. The van der Waals surface area contributed by atoms with Crippen molar-refractivity contribution in [3.8, 4) is 0 Å². The molecule has 0 aromatic carbocycles. The third kappa shape index (κ3) is 5.47. The second-order valence-corrected chi connectivity index (χ2v) is 8.57. The highest BCUT2D eigenvalue weighted by Gasteiger charge is 2.40. The molecule has 2 heterocycles. The van der Waals surface area contributed by atoms with E-state index in [9.17, 15) is 4.79 Å². The van der Waals surface area contributed by atoms with Crippen LogP contribution in [0.1, 0.15) is 97.8 Å². The summed E-state index contributed by atoms with van der Waals surface area (Å²) in [7, 11) is 0. The zero-order chi connectivity index (χ0) is 17.5. The minimum absolute atomic E-state index is 0.314. The molecule has 24 heavy (non-hydrogen) atoms. The van der Waals surface area contributed by atoms with Gasteiger partial charge in [-0.1, -0.05) is 52.9 Å². The minimum atomic E-state index is -0.680. The van der Waals surface area contributed by atoms with E-state index >= 15 is 0 Å². The average molecular weight is 338 g/mol. The van der Waals surface area contributed by atoms with Gasteiger partial charge in [-0.3, -0.25) is 9.69 Å². The van der Waals surface area contributed by atoms with Gasteiger partial charge in [-0.25, -0.2) is 0 Å². The third-order valence-corrected chi connectivity index (χ3v) is 6.65. The fourth-order valence-corrected chi connectivity index (χ4v) is 5.21. The van der Waals surface area contributed by atoms with Gasteiger partial charge < -0.3 is 5.11 Å². The highest BCUT2D eigenvalue weighted by molar-refractivity contribution is 5.67. The predicted molar refractivity (Wildman–Crippen MR) is 100 cm³/mol. The summed E-state index contributed by atoms with van der Waals surface area (Å²) >= 11 is 0. The molecule has 3 aliphatic rings. The van der Waals surface area contributed by atoms with Crippen molar-refractivity contribution in [3.05, 3.63) is 0 Å². The fourth-order valence-electron chi connectivity index (χ4n) is 5.21. The maximum atomic E-state index is 10.3. The van der Waals surface area contributed by atoms with Crippen molar-refractivity contribution in [3.63, 3.8) is 0 Å². The zero-order valence-corrected chi connectivity index (χ0v) is 16.2. The van der Waals surface area contributed by atoms with Crippen LogP contribution in [0.4, 0.5) is 0 Å². The molecule has 1 saturated carbocycles. The molecular formula is C21H39NO2. The minimum Gasteiger partial charge on any atom is -0.481 e. The van der Waals surface area contributed by atoms with Crippen LogP contribution in [0.25, 0.3) is 0 Å². The number of fused-ring (bicyclic) bond motifs is 2. The molecule has 0 aromatic heterocycles. The number of carbonyl (C=O) groups is 1. The molecule has 3 nitrogen and oxygen atoms in total. The van der Waals surface area contributed by atoms with Gasteiger partial charge in [-0.2, -0.15) is 0 Å². The first-order chi connectivity index (χ1) is 11.5.